The van der Waals surface area contributed by atoms with Gasteiger partial charge in [-0.15, -0.1) is 0 Å². The normalized spacial score (nSPS) is 11.2. The van der Waals surface area contributed by atoms with Crippen molar-refractivity contribution in [2.45, 2.75) is 0 Å². The zero-order chi connectivity index (χ0) is 19.1. The van der Waals surface area contributed by atoms with Crippen LogP contribution >= 0.6 is 0 Å². The van der Waals surface area contributed by atoms with Crippen LogP contribution in [0.3, 0.4) is 0 Å². The van der Waals surface area contributed by atoms with Crippen molar-refractivity contribution < 1.29 is 8.78 Å². The van der Waals surface area contributed by atoms with E-state index in [0.29, 0.717) is 11.1 Å². The molecule has 0 spiro atoms. The summed E-state index contributed by atoms with van der Waals surface area (Å²) in [6.07, 6.45) is 5.34. The quantitative estimate of drug-likeness (QED) is 0.463. The zero-order valence-corrected chi connectivity index (χ0v) is 14.6. The second kappa shape index (κ2) is 6.42. The number of rotatable bonds is 3. The molecule has 5 rings (SSSR count). The molecule has 4 nitrogen and oxygen atoms in total. The smallest absolute Gasteiger partial charge is 0.133 e. The van der Waals surface area contributed by atoms with Crippen LogP contribution in [-0.4, -0.2) is 19.7 Å². The van der Waals surface area contributed by atoms with Crippen molar-refractivity contribution in [3.63, 3.8) is 0 Å². The number of aromatic nitrogens is 4. The van der Waals surface area contributed by atoms with Gasteiger partial charge in [-0.05, 0) is 47.5 Å². The minimum atomic E-state index is -0.591. The van der Waals surface area contributed by atoms with Crippen LogP contribution in [0, 0.1) is 11.6 Å². The van der Waals surface area contributed by atoms with E-state index in [1.165, 1.54) is 12.1 Å². The van der Waals surface area contributed by atoms with Crippen molar-refractivity contribution in [3.8, 4) is 27.9 Å². The van der Waals surface area contributed by atoms with Crippen molar-refractivity contribution in [1.82, 2.24) is 19.7 Å². The van der Waals surface area contributed by atoms with E-state index in [-0.39, 0.29) is 0 Å². The first-order valence-corrected chi connectivity index (χ1v) is 8.71. The van der Waals surface area contributed by atoms with Gasteiger partial charge in [0, 0.05) is 29.1 Å². The molecule has 0 aliphatic rings. The molecule has 2 heterocycles. The number of nitrogens with zero attached hydrogens (tertiary/aromatic N) is 3. The molecule has 0 unspecified atom stereocenters. The molecular weight excluding hydrogens is 358 g/mol. The Morgan fingerprint density at radius 1 is 0.857 bits per heavy atom. The van der Waals surface area contributed by atoms with E-state index >= 15 is 0 Å². The SMILES string of the molecule is Fc1ccc(-c2cccc(-n3cnc4cc(-c5cn[nH]c5)ccc43)c2)c(F)c1. The summed E-state index contributed by atoms with van der Waals surface area (Å²) in [7, 11) is 0. The maximum atomic E-state index is 14.2. The summed E-state index contributed by atoms with van der Waals surface area (Å²) < 4.78 is 29.3. The predicted octanol–water partition coefficient (Wildman–Crippen LogP) is 5.36. The maximum absolute atomic E-state index is 14.2. The number of halogens is 2. The van der Waals surface area contributed by atoms with Gasteiger partial charge in [0.1, 0.15) is 18.0 Å². The van der Waals surface area contributed by atoms with Gasteiger partial charge in [0.2, 0.25) is 0 Å². The summed E-state index contributed by atoms with van der Waals surface area (Å²) in [5.74, 6) is -1.18. The van der Waals surface area contributed by atoms with Gasteiger partial charge in [0.25, 0.3) is 0 Å². The predicted molar refractivity (Wildman–Crippen MR) is 104 cm³/mol. The van der Waals surface area contributed by atoms with Crippen LogP contribution in [0.1, 0.15) is 0 Å². The molecule has 0 amide bonds. The molecule has 0 fully saturated rings. The second-order valence-corrected chi connectivity index (χ2v) is 6.48. The third-order valence-corrected chi connectivity index (χ3v) is 4.75. The number of H-pyrrole nitrogens is 1. The first kappa shape index (κ1) is 16.4. The van der Waals surface area contributed by atoms with E-state index < -0.39 is 11.6 Å². The third kappa shape index (κ3) is 2.75. The van der Waals surface area contributed by atoms with Crippen molar-refractivity contribution in [3.05, 3.63) is 91.0 Å². The first-order valence-electron chi connectivity index (χ1n) is 8.71. The van der Waals surface area contributed by atoms with E-state index in [2.05, 4.69) is 15.2 Å². The number of hydrogen-bond acceptors (Lipinski definition) is 2. The van der Waals surface area contributed by atoms with Crippen LogP contribution < -0.4 is 0 Å². The molecule has 0 bridgehead atoms. The second-order valence-electron chi connectivity index (χ2n) is 6.48. The Balaban J connectivity index is 1.59. The molecule has 6 heteroatoms. The fourth-order valence-corrected chi connectivity index (χ4v) is 3.35. The zero-order valence-electron chi connectivity index (χ0n) is 14.6. The molecule has 2 aromatic heterocycles. The van der Waals surface area contributed by atoms with E-state index in [0.717, 1.165) is 33.9 Å². The standard InChI is InChI=1S/C22H14F2N4/c23-17-5-6-19(20(24)10-17)15-2-1-3-18(8-15)28-13-25-21-9-14(4-7-22(21)28)16-11-26-27-12-16/h1-13H,(H,26,27). The Morgan fingerprint density at radius 3 is 2.61 bits per heavy atom. The Hall–Kier alpha value is -3.80. The molecule has 0 radical (unpaired) electrons. The molecule has 0 aliphatic heterocycles. The van der Waals surface area contributed by atoms with Crippen LogP contribution in [-0.2, 0) is 0 Å². The molecule has 0 saturated heterocycles. The highest BCUT2D eigenvalue weighted by atomic mass is 19.1. The van der Waals surface area contributed by atoms with Gasteiger partial charge in [-0.3, -0.25) is 9.67 Å². The maximum Gasteiger partial charge on any atom is 0.133 e. The van der Waals surface area contributed by atoms with Crippen molar-refractivity contribution >= 4 is 11.0 Å². The van der Waals surface area contributed by atoms with Gasteiger partial charge in [0.05, 0.1) is 17.2 Å². The Kier molecular flexibility index (Phi) is 3.76. The average Bonchev–Trinajstić information content (AvgIpc) is 3.37. The molecule has 28 heavy (non-hydrogen) atoms. The minimum absolute atomic E-state index is 0.356. The van der Waals surface area contributed by atoms with Crippen molar-refractivity contribution in [2.24, 2.45) is 0 Å². The number of benzene rings is 3. The fourth-order valence-electron chi connectivity index (χ4n) is 3.35. The molecule has 5 aromatic rings. The van der Waals surface area contributed by atoms with E-state index in [4.69, 9.17) is 0 Å². The molecule has 1 N–H and O–H groups in total. The first-order chi connectivity index (χ1) is 13.7. The van der Waals surface area contributed by atoms with Gasteiger partial charge in [-0.1, -0.05) is 18.2 Å². The lowest BCUT2D eigenvalue weighted by molar-refractivity contribution is 0.585. The minimum Gasteiger partial charge on any atom is -0.299 e. The van der Waals surface area contributed by atoms with E-state index in [1.54, 1.807) is 18.6 Å². The summed E-state index contributed by atoms with van der Waals surface area (Å²) in [5.41, 5.74) is 5.67. The lowest BCUT2D eigenvalue weighted by Gasteiger charge is -2.09. The van der Waals surface area contributed by atoms with E-state index in [1.807, 2.05) is 47.2 Å². The average molecular weight is 372 g/mol. The summed E-state index contributed by atoms with van der Waals surface area (Å²) >= 11 is 0. The van der Waals surface area contributed by atoms with Crippen LogP contribution in [0.15, 0.2) is 79.4 Å². The number of fused-ring (bicyclic) bond motifs is 1. The van der Waals surface area contributed by atoms with Gasteiger partial charge in [0.15, 0.2) is 0 Å². The van der Waals surface area contributed by atoms with Crippen LogP contribution in [0.2, 0.25) is 0 Å². The summed E-state index contributed by atoms with van der Waals surface area (Å²) in [6, 6.07) is 17.0. The number of aromatic amines is 1. The lowest BCUT2D eigenvalue weighted by atomic mass is 10.0. The summed E-state index contributed by atoms with van der Waals surface area (Å²) in [5, 5.41) is 6.79. The molecule has 136 valence electrons. The highest BCUT2D eigenvalue weighted by molar-refractivity contribution is 5.83. The summed E-state index contributed by atoms with van der Waals surface area (Å²) in [4.78, 5) is 4.51. The third-order valence-electron chi connectivity index (χ3n) is 4.75. The van der Waals surface area contributed by atoms with Crippen molar-refractivity contribution in [1.29, 1.82) is 0 Å². The van der Waals surface area contributed by atoms with Gasteiger partial charge in [-0.25, -0.2) is 13.8 Å². The van der Waals surface area contributed by atoms with Crippen LogP contribution in [0.25, 0.3) is 39.0 Å². The molecular formula is C22H14F2N4. The Bertz CT molecular complexity index is 1290. The van der Waals surface area contributed by atoms with Crippen LogP contribution in [0.5, 0.6) is 0 Å². The largest absolute Gasteiger partial charge is 0.299 e. The van der Waals surface area contributed by atoms with Crippen molar-refractivity contribution in [2.75, 3.05) is 0 Å². The van der Waals surface area contributed by atoms with Gasteiger partial charge >= 0.3 is 0 Å². The highest BCUT2D eigenvalue weighted by Gasteiger charge is 2.10. The fraction of sp³-hybridized carbons (Fsp3) is 0. The number of hydrogen-bond donors (Lipinski definition) is 1. The molecule has 0 saturated carbocycles. The van der Waals surface area contributed by atoms with E-state index in [9.17, 15) is 8.78 Å². The lowest BCUT2D eigenvalue weighted by Crippen LogP contribution is -1.93. The number of imidazole rings is 1. The molecule has 0 atom stereocenters. The van der Waals surface area contributed by atoms with Crippen LogP contribution in [0.4, 0.5) is 8.78 Å². The topological polar surface area (TPSA) is 46.5 Å². The highest BCUT2D eigenvalue weighted by Crippen LogP contribution is 2.28. The molecule has 0 aliphatic carbocycles. The Labute approximate surface area is 159 Å². The van der Waals surface area contributed by atoms with Gasteiger partial charge in [-0.2, -0.15) is 5.10 Å². The molecule has 3 aromatic carbocycles. The monoisotopic (exact) mass is 372 g/mol. The van der Waals surface area contributed by atoms with Gasteiger partial charge < -0.3 is 0 Å². The Morgan fingerprint density at radius 2 is 1.79 bits per heavy atom. The summed E-state index contributed by atoms with van der Waals surface area (Å²) in [6.45, 7) is 0. The number of nitrogens with one attached hydrogen (secondary N) is 1.